The minimum Gasteiger partial charge on any atom is -0.350 e. The molecule has 0 bridgehead atoms. The van der Waals surface area contributed by atoms with Crippen LogP contribution in [0.1, 0.15) is 54.7 Å². The van der Waals surface area contributed by atoms with Crippen LogP contribution in [0.5, 0.6) is 0 Å². The van der Waals surface area contributed by atoms with Gasteiger partial charge in [-0.15, -0.1) is 17.4 Å². The van der Waals surface area contributed by atoms with E-state index in [0.717, 1.165) is 37.9 Å². The summed E-state index contributed by atoms with van der Waals surface area (Å²) in [6.07, 6.45) is 11.6. The number of carbonyl (C=O) groups excluding carboxylic acids is 1. The van der Waals surface area contributed by atoms with Crippen LogP contribution in [-0.2, 0) is 13.0 Å². The zero-order chi connectivity index (χ0) is 15.4. The van der Waals surface area contributed by atoms with Gasteiger partial charge in [-0.25, -0.2) is 4.68 Å². The molecule has 0 atom stereocenters. The Hall–Kier alpha value is -2.23. The highest BCUT2D eigenvalue weighted by Crippen LogP contribution is 2.36. The average Bonchev–Trinajstić information content (AvgIpc) is 3.24. The van der Waals surface area contributed by atoms with E-state index in [4.69, 9.17) is 6.42 Å². The number of rotatable bonds is 6. The lowest BCUT2D eigenvalue weighted by atomic mass is 10.0. The van der Waals surface area contributed by atoms with Crippen LogP contribution in [0.25, 0.3) is 0 Å². The van der Waals surface area contributed by atoms with Gasteiger partial charge >= 0.3 is 0 Å². The fourth-order valence-corrected chi connectivity index (χ4v) is 2.80. The van der Waals surface area contributed by atoms with Crippen molar-refractivity contribution >= 4 is 5.91 Å². The molecule has 0 radical (unpaired) electrons. The lowest BCUT2D eigenvalue weighted by Crippen LogP contribution is -2.29. The van der Waals surface area contributed by atoms with Crippen LogP contribution in [0.2, 0.25) is 0 Å². The first-order chi connectivity index (χ1) is 10.7. The molecule has 0 fully saturated rings. The molecule has 0 spiro atoms. The van der Waals surface area contributed by atoms with E-state index >= 15 is 0 Å². The Kier molecular flexibility index (Phi) is 4.18. The number of amides is 1. The second-order valence-electron chi connectivity index (χ2n) is 5.81. The molecule has 1 amide bonds. The maximum absolute atomic E-state index is 12.3. The van der Waals surface area contributed by atoms with Crippen LogP contribution in [0.15, 0.2) is 10.2 Å². The molecule has 1 N–H and O–H groups in total. The Morgan fingerprint density at radius 3 is 2.95 bits per heavy atom. The Morgan fingerprint density at radius 2 is 2.18 bits per heavy atom. The van der Waals surface area contributed by atoms with Gasteiger partial charge in [-0.3, -0.25) is 4.79 Å². The van der Waals surface area contributed by atoms with Gasteiger partial charge in [0.2, 0.25) is 0 Å². The highest BCUT2D eigenvalue weighted by molar-refractivity contribution is 5.93. The van der Waals surface area contributed by atoms with E-state index in [-0.39, 0.29) is 11.6 Å². The summed E-state index contributed by atoms with van der Waals surface area (Å²) < 4.78 is 1.86. The van der Waals surface area contributed by atoms with E-state index in [1.54, 1.807) is 0 Å². The van der Waals surface area contributed by atoms with Crippen LogP contribution >= 0.6 is 0 Å². The third-order valence-electron chi connectivity index (χ3n) is 4.20. The molecule has 1 aromatic rings. The van der Waals surface area contributed by atoms with Gasteiger partial charge in [-0.05, 0) is 19.3 Å². The molecule has 3 heterocycles. The number of hydrogen-bond acceptors (Lipinski definition) is 5. The molecule has 3 rings (SSSR count). The molecule has 0 saturated heterocycles. The molecule has 0 aromatic carbocycles. The summed E-state index contributed by atoms with van der Waals surface area (Å²) in [4.78, 5) is 12.3. The fourth-order valence-electron chi connectivity index (χ4n) is 2.80. The van der Waals surface area contributed by atoms with Crippen LogP contribution in [-0.4, -0.2) is 33.1 Å². The minimum absolute atomic E-state index is 0.157. The van der Waals surface area contributed by atoms with Gasteiger partial charge < -0.3 is 5.32 Å². The molecular formula is C15H20N6O. The van der Waals surface area contributed by atoms with Crippen molar-refractivity contribution in [2.45, 2.75) is 57.2 Å². The molecule has 116 valence electrons. The first-order valence-electron chi connectivity index (χ1n) is 7.82. The highest BCUT2D eigenvalue weighted by Gasteiger charge is 2.38. The molecule has 7 nitrogen and oxygen atoms in total. The molecule has 2 aliphatic heterocycles. The van der Waals surface area contributed by atoms with Gasteiger partial charge in [-0.1, -0.05) is 11.6 Å². The van der Waals surface area contributed by atoms with Crippen LogP contribution in [0.3, 0.4) is 0 Å². The maximum atomic E-state index is 12.3. The van der Waals surface area contributed by atoms with E-state index < -0.39 is 0 Å². The molecule has 0 saturated carbocycles. The van der Waals surface area contributed by atoms with Gasteiger partial charge in [0.05, 0.1) is 5.69 Å². The fraction of sp³-hybridized carbons (Fsp3) is 0.667. The number of aryl methyl sites for hydroxylation is 1. The Morgan fingerprint density at radius 1 is 1.32 bits per heavy atom. The lowest BCUT2D eigenvalue weighted by molar-refractivity contribution is 0.0946. The number of nitrogens with one attached hydrogen (secondary N) is 1. The van der Waals surface area contributed by atoms with Crippen molar-refractivity contribution < 1.29 is 4.79 Å². The van der Waals surface area contributed by atoms with Gasteiger partial charge in [-0.2, -0.15) is 10.2 Å². The molecule has 22 heavy (non-hydrogen) atoms. The summed E-state index contributed by atoms with van der Waals surface area (Å²) in [5.74, 6) is 2.44. The van der Waals surface area contributed by atoms with Crippen molar-refractivity contribution in [2.24, 2.45) is 10.2 Å². The van der Waals surface area contributed by atoms with E-state index in [1.165, 1.54) is 6.42 Å². The van der Waals surface area contributed by atoms with Crippen molar-refractivity contribution in [1.29, 1.82) is 0 Å². The summed E-state index contributed by atoms with van der Waals surface area (Å²) in [7, 11) is 0. The number of carbonyl (C=O) groups is 1. The maximum Gasteiger partial charge on any atom is 0.273 e. The summed E-state index contributed by atoms with van der Waals surface area (Å²) >= 11 is 0. The predicted octanol–water partition coefficient (Wildman–Crippen LogP) is 1.70. The number of terminal acetylenes is 1. The largest absolute Gasteiger partial charge is 0.350 e. The number of nitrogens with zero attached hydrogens (tertiary/aromatic N) is 5. The minimum atomic E-state index is -0.358. The second-order valence-corrected chi connectivity index (χ2v) is 5.81. The van der Waals surface area contributed by atoms with Crippen molar-refractivity contribution in [3.8, 4) is 12.3 Å². The van der Waals surface area contributed by atoms with E-state index in [9.17, 15) is 4.79 Å². The molecular weight excluding hydrogens is 280 g/mol. The Bertz CT molecular complexity index is 620. The first kappa shape index (κ1) is 14.7. The Balaban J connectivity index is 1.53. The monoisotopic (exact) mass is 300 g/mol. The average molecular weight is 300 g/mol. The summed E-state index contributed by atoms with van der Waals surface area (Å²) in [6, 6.07) is 0. The Labute approximate surface area is 129 Å². The third-order valence-corrected chi connectivity index (χ3v) is 4.20. The molecule has 2 aliphatic rings. The standard InChI is InChI=1S/C15H20N6O/c1-2-3-8-15(18-19-15)9-10-16-14(22)13-12-7-5-4-6-11-21(12)20-17-13/h1H,3-11H2,(H,16,22). The smallest absolute Gasteiger partial charge is 0.273 e. The zero-order valence-corrected chi connectivity index (χ0v) is 12.6. The molecule has 0 aliphatic carbocycles. The van der Waals surface area contributed by atoms with Gasteiger partial charge in [0, 0.05) is 32.4 Å². The van der Waals surface area contributed by atoms with Gasteiger partial charge in [0.25, 0.3) is 5.91 Å². The van der Waals surface area contributed by atoms with E-state index in [0.29, 0.717) is 25.1 Å². The van der Waals surface area contributed by atoms with E-state index in [2.05, 4.69) is 31.8 Å². The zero-order valence-electron chi connectivity index (χ0n) is 12.6. The molecule has 0 unspecified atom stereocenters. The number of hydrogen-bond donors (Lipinski definition) is 1. The normalized spacial score (nSPS) is 18.1. The van der Waals surface area contributed by atoms with Crippen molar-refractivity contribution in [1.82, 2.24) is 20.3 Å². The topological polar surface area (TPSA) is 84.5 Å². The van der Waals surface area contributed by atoms with Gasteiger partial charge in [0.15, 0.2) is 11.4 Å². The summed E-state index contributed by atoms with van der Waals surface area (Å²) in [5.41, 5.74) is 1.06. The summed E-state index contributed by atoms with van der Waals surface area (Å²) in [6.45, 7) is 1.37. The predicted molar refractivity (Wildman–Crippen MR) is 80.2 cm³/mol. The lowest BCUT2D eigenvalue weighted by Gasteiger charge is -2.09. The molecule has 7 heteroatoms. The quantitative estimate of drug-likeness (QED) is 0.811. The van der Waals surface area contributed by atoms with Crippen molar-refractivity contribution in [3.63, 3.8) is 0 Å². The van der Waals surface area contributed by atoms with E-state index in [1.807, 2.05) is 4.68 Å². The first-order valence-corrected chi connectivity index (χ1v) is 7.82. The number of aromatic nitrogens is 3. The third kappa shape index (κ3) is 3.16. The van der Waals surface area contributed by atoms with Crippen molar-refractivity contribution in [3.05, 3.63) is 11.4 Å². The highest BCUT2D eigenvalue weighted by atomic mass is 16.2. The van der Waals surface area contributed by atoms with Crippen LogP contribution in [0.4, 0.5) is 0 Å². The van der Waals surface area contributed by atoms with Gasteiger partial charge in [0.1, 0.15) is 0 Å². The summed E-state index contributed by atoms with van der Waals surface area (Å²) in [5, 5.41) is 19.2. The molecule has 1 aromatic heterocycles. The van der Waals surface area contributed by atoms with Crippen LogP contribution in [0, 0.1) is 12.3 Å². The number of fused-ring (bicyclic) bond motifs is 1. The second kappa shape index (κ2) is 6.26. The van der Waals surface area contributed by atoms with Crippen molar-refractivity contribution in [2.75, 3.05) is 6.54 Å². The SMILES string of the molecule is C#CCCC1(CCNC(=O)c2nnn3c2CCCCC3)N=N1. The van der Waals surface area contributed by atoms with Crippen LogP contribution < -0.4 is 5.32 Å².